The van der Waals surface area contributed by atoms with Gasteiger partial charge in [-0.1, -0.05) is 30.3 Å². The molecule has 2 fully saturated rings. The Hall–Kier alpha value is -1.35. The van der Waals surface area contributed by atoms with Crippen molar-refractivity contribution in [2.45, 2.75) is 19.4 Å². The van der Waals surface area contributed by atoms with Crippen molar-refractivity contribution in [1.29, 1.82) is 0 Å². The van der Waals surface area contributed by atoms with Crippen LogP contribution < -0.4 is 5.32 Å². The van der Waals surface area contributed by atoms with Crippen LogP contribution >= 0.6 is 0 Å². The van der Waals surface area contributed by atoms with Gasteiger partial charge < -0.3 is 10.2 Å². The number of nitrogens with zero attached hydrogens (tertiary/aromatic N) is 1. The molecule has 0 aromatic heterocycles. The van der Waals surface area contributed by atoms with E-state index in [-0.39, 0.29) is 5.41 Å². The van der Waals surface area contributed by atoms with E-state index in [1.165, 1.54) is 5.56 Å². The van der Waals surface area contributed by atoms with Gasteiger partial charge in [-0.05, 0) is 18.5 Å². The number of hydrogen-bond donors (Lipinski definition) is 1. The summed E-state index contributed by atoms with van der Waals surface area (Å²) >= 11 is 0. The highest BCUT2D eigenvalue weighted by Crippen LogP contribution is 2.37. The minimum Gasteiger partial charge on any atom is -0.338 e. The van der Waals surface area contributed by atoms with Crippen molar-refractivity contribution < 1.29 is 4.79 Å². The van der Waals surface area contributed by atoms with Crippen LogP contribution in [0.1, 0.15) is 18.4 Å². The maximum atomic E-state index is 12.0. The predicted octanol–water partition coefficient (Wildman–Crippen LogP) is 1.40. The molecule has 3 rings (SSSR count). The van der Waals surface area contributed by atoms with E-state index in [1.807, 2.05) is 23.1 Å². The molecule has 2 aliphatic heterocycles. The lowest BCUT2D eigenvalue weighted by atomic mass is 9.86. The van der Waals surface area contributed by atoms with Crippen LogP contribution in [0.4, 0.5) is 0 Å². The summed E-state index contributed by atoms with van der Waals surface area (Å²) in [6.07, 6.45) is 1.87. The largest absolute Gasteiger partial charge is 0.338 e. The molecule has 17 heavy (non-hydrogen) atoms. The fourth-order valence-electron chi connectivity index (χ4n) is 3.01. The third-order valence-corrected chi connectivity index (χ3v) is 3.95. The van der Waals surface area contributed by atoms with Gasteiger partial charge in [-0.15, -0.1) is 0 Å². The van der Waals surface area contributed by atoms with E-state index in [0.717, 1.165) is 39.0 Å². The number of rotatable bonds is 2. The van der Waals surface area contributed by atoms with Crippen molar-refractivity contribution in [3.8, 4) is 0 Å². The van der Waals surface area contributed by atoms with Crippen LogP contribution in [0.3, 0.4) is 0 Å². The second-order valence-electron chi connectivity index (χ2n) is 5.34. The molecule has 90 valence electrons. The zero-order valence-electron chi connectivity index (χ0n) is 9.98. The van der Waals surface area contributed by atoms with Crippen molar-refractivity contribution in [2.24, 2.45) is 5.41 Å². The van der Waals surface area contributed by atoms with Gasteiger partial charge in [0.05, 0.1) is 0 Å². The van der Waals surface area contributed by atoms with Gasteiger partial charge in [0.25, 0.3) is 0 Å². The molecule has 1 unspecified atom stereocenters. The maximum Gasteiger partial charge on any atom is 0.223 e. The normalized spacial score (nSPS) is 28.2. The molecule has 2 aliphatic rings. The molecule has 1 atom stereocenters. The van der Waals surface area contributed by atoms with E-state index < -0.39 is 0 Å². The first-order valence-electron chi connectivity index (χ1n) is 6.30. The van der Waals surface area contributed by atoms with Gasteiger partial charge in [-0.3, -0.25) is 4.79 Å². The summed E-state index contributed by atoms with van der Waals surface area (Å²) in [5.41, 5.74) is 1.45. The number of hydrogen-bond acceptors (Lipinski definition) is 2. The van der Waals surface area contributed by atoms with E-state index in [1.54, 1.807) is 0 Å². The zero-order chi connectivity index (χ0) is 11.7. The lowest BCUT2D eigenvalue weighted by Gasteiger charge is -2.22. The summed E-state index contributed by atoms with van der Waals surface area (Å²) < 4.78 is 0. The monoisotopic (exact) mass is 230 g/mol. The fraction of sp³-hybridized carbons (Fsp3) is 0.500. The molecule has 1 spiro atoms. The molecule has 0 bridgehead atoms. The van der Waals surface area contributed by atoms with Crippen molar-refractivity contribution in [3.05, 3.63) is 35.9 Å². The Bertz CT molecular complexity index is 409. The molecular weight excluding hydrogens is 212 g/mol. The molecule has 2 heterocycles. The lowest BCUT2D eigenvalue weighted by Crippen LogP contribution is -2.29. The number of benzene rings is 1. The van der Waals surface area contributed by atoms with E-state index in [9.17, 15) is 4.79 Å². The Morgan fingerprint density at radius 1 is 1.29 bits per heavy atom. The number of carbonyl (C=O) groups is 1. The Morgan fingerprint density at radius 2 is 2.12 bits per heavy atom. The van der Waals surface area contributed by atoms with Gasteiger partial charge in [0.1, 0.15) is 0 Å². The first kappa shape index (κ1) is 10.8. The van der Waals surface area contributed by atoms with Gasteiger partial charge in [0, 0.05) is 31.5 Å². The highest BCUT2D eigenvalue weighted by molar-refractivity contribution is 5.79. The molecule has 0 saturated carbocycles. The second-order valence-corrected chi connectivity index (χ2v) is 5.34. The van der Waals surface area contributed by atoms with E-state index >= 15 is 0 Å². The lowest BCUT2D eigenvalue weighted by molar-refractivity contribution is -0.128. The molecule has 0 aliphatic carbocycles. The average Bonchev–Trinajstić information content (AvgIpc) is 2.89. The zero-order valence-corrected chi connectivity index (χ0v) is 9.98. The van der Waals surface area contributed by atoms with Crippen LogP contribution in [-0.2, 0) is 11.3 Å². The quantitative estimate of drug-likeness (QED) is 0.833. The molecule has 1 amide bonds. The molecule has 3 nitrogen and oxygen atoms in total. The number of carbonyl (C=O) groups excluding carboxylic acids is 1. The molecule has 0 radical (unpaired) electrons. The van der Waals surface area contributed by atoms with Crippen molar-refractivity contribution >= 4 is 5.91 Å². The highest BCUT2D eigenvalue weighted by Gasteiger charge is 2.44. The van der Waals surface area contributed by atoms with Crippen LogP contribution in [-0.4, -0.2) is 30.4 Å². The number of likely N-dealkylation sites (tertiary alicyclic amines) is 1. The molecule has 3 heteroatoms. The van der Waals surface area contributed by atoms with Gasteiger partial charge >= 0.3 is 0 Å². The van der Waals surface area contributed by atoms with Crippen LogP contribution in [0.2, 0.25) is 0 Å². The van der Waals surface area contributed by atoms with Gasteiger partial charge in [-0.25, -0.2) is 0 Å². The van der Waals surface area contributed by atoms with Gasteiger partial charge in [0.2, 0.25) is 5.91 Å². The third-order valence-electron chi connectivity index (χ3n) is 3.95. The Balaban J connectivity index is 1.71. The Labute approximate surface area is 102 Å². The van der Waals surface area contributed by atoms with E-state index in [4.69, 9.17) is 0 Å². The third kappa shape index (κ3) is 2.07. The summed E-state index contributed by atoms with van der Waals surface area (Å²) in [5.74, 6) is 0.317. The summed E-state index contributed by atoms with van der Waals surface area (Å²) in [6.45, 7) is 3.76. The smallest absolute Gasteiger partial charge is 0.223 e. The number of nitrogens with one attached hydrogen (secondary N) is 1. The van der Waals surface area contributed by atoms with Crippen molar-refractivity contribution in [2.75, 3.05) is 19.6 Å². The molecule has 1 aromatic rings. The Kier molecular flexibility index (Phi) is 2.63. The standard InChI is InChI=1S/C14H18N2O/c17-13-8-14(6-7-15-10-14)11-16(13)9-12-4-2-1-3-5-12/h1-5,15H,6-11H2. The van der Waals surface area contributed by atoms with Gasteiger partial charge in [0.15, 0.2) is 0 Å². The van der Waals surface area contributed by atoms with Gasteiger partial charge in [-0.2, -0.15) is 0 Å². The fourth-order valence-corrected chi connectivity index (χ4v) is 3.01. The second kappa shape index (κ2) is 4.15. The first-order chi connectivity index (χ1) is 8.27. The maximum absolute atomic E-state index is 12.0. The average molecular weight is 230 g/mol. The summed E-state index contributed by atoms with van der Waals surface area (Å²) in [4.78, 5) is 14.1. The minimum atomic E-state index is 0.228. The van der Waals surface area contributed by atoms with E-state index in [0.29, 0.717) is 5.91 Å². The van der Waals surface area contributed by atoms with Crippen LogP contribution in [0, 0.1) is 5.41 Å². The molecular formula is C14H18N2O. The highest BCUT2D eigenvalue weighted by atomic mass is 16.2. The molecule has 1 N–H and O–H groups in total. The Morgan fingerprint density at radius 3 is 2.82 bits per heavy atom. The minimum absolute atomic E-state index is 0.228. The molecule has 2 saturated heterocycles. The van der Waals surface area contributed by atoms with E-state index in [2.05, 4.69) is 17.4 Å². The summed E-state index contributed by atoms with van der Waals surface area (Å²) in [6, 6.07) is 10.2. The van der Waals surface area contributed by atoms with Crippen LogP contribution in [0.15, 0.2) is 30.3 Å². The van der Waals surface area contributed by atoms with Crippen LogP contribution in [0.25, 0.3) is 0 Å². The topological polar surface area (TPSA) is 32.3 Å². The predicted molar refractivity (Wildman–Crippen MR) is 66.4 cm³/mol. The van der Waals surface area contributed by atoms with Crippen molar-refractivity contribution in [1.82, 2.24) is 10.2 Å². The summed E-state index contributed by atoms with van der Waals surface area (Å²) in [7, 11) is 0. The molecule has 1 aromatic carbocycles. The first-order valence-corrected chi connectivity index (χ1v) is 6.30. The summed E-state index contributed by atoms with van der Waals surface area (Å²) in [5, 5.41) is 3.38. The van der Waals surface area contributed by atoms with Crippen molar-refractivity contribution in [3.63, 3.8) is 0 Å². The SMILES string of the molecule is O=C1CC2(CCNC2)CN1Cc1ccccc1. The number of amides is 1. The van der Waals surface area contributed by atoms with Crippen LogP contribution in [0.5, 0.6) is 0 Å².